The molecule has 2 aromatic carbocycles. The molecule has 0 aromatic heterocycles. The van der Waals surface area contributed by atoms with E-state index < -0.39 is 0 Å². The van der Waals surface area contributed by atoms with Gasteiger partial charge in [-0.1, -0.05) is 18.2 Å². The fourth-order valence-electron chi connectivity index (χ4n) is 2.65. The molecular formula is C19H21NO4. The molecule has 0 unspecified atom stereocenters. The highest BCUT2D eigenvalue weighted by molar-refractivity contribution is 5.79. The van der Waals surface area contributed by atoms with E-state index >= 15 is 0 Å². The van der Waals surface area contributed by atoms with Crippen LogP contribution in [0.5, 0.6) is 17.2 Å². The summed E-state index contributed by atoms with van der Waals surface area (Å²) in [7, 11) is 1.63. The molecule has 0 saturated heterocycles. The van der Waals surface area contributed by atoms with E-state index in [1.165, 1.54) is 0 Å². The van der Waals surface area contributed by atoms with Crippen molar-refractivity contribution >= 4 is 5.91 Å². The second kappa shape index (κ2) is 7.25. The minimum absolute atomic E-state index is 0.0324. The third-order valence-electron chi connectivity index (χ3n) is 3.96. The average molecular weight is 327 g/mol. The largest absolute Gasteiger partial charge is 0.497 e. The lowest BCUT2D eigenvalue weighted by Gasteiger charge is -2.19. The fraction of sp³-hybridized carbons (Fsp3) is 0.316. The van der Waals surface area contributed by atoms with E-state index in [0.717, 1.165) is 22.6 Å². The smallest absolute Gasteiger partial charge is 0.224 e. The standard InChI is InChI=1S/C19H21NO4/c1-13(15-4-6-16(22-2)7-5-15)20-19(21)12-14-3-8-17-18(11-14)24-10-9-23-17/h3-8,11,13H,9-10,12H2,1-2H3,(H,20,21)/t13-/m0/s1. The maximum atomic E-state index is 12.3. The molecule has 126 valence electrons. The predicted octanol–water partition coefficient (Wildman–Crippen LogP) is 2.89. The van der Waals surface area contributed by atoms with Crippen molar-refractivity contribution in [2.24, 2.45) is 0 Å². The summed E-state index contributed by atoms with van der Waals surface area (Å²) in [5.74, 6) is 2.20. The SMILES string of the molecule is COc1ccc([C@H](C)NC(=O)Cc2ccc3c(c2)OCCO3)cc1. The van der Waals surface area contributed by atoms with Gasteiger partial charge in [-0.05, 0) is 42.3 Å². The Morgan fingerprint density at radius 3 is 2.54 bits per heavy atom. The van der Waals surface area contributed by atoms with Crippen molar-refractivity contribution in [1.82, 2.24) is 5.32 Å². The summed E-state index contributed by atoms with van der Waals surface area (Å²) >= 11 is 0. The van der Waals surface area contributed by atoms with Crippen LogP contribution in [0.2, 0.25) is 0 Å². The van der Waals surface area contributed by atoms with Gasteiger partial charge in [0.2, 0.25) is 5.91 Å². The van der Waals surface area contributed by atoms with Crippen LogP contribution < -0.4 is 19.5 Å². The van der Waals surface area contributed by atoms with Gasteiger partial charge in [-0.25, -0.2) is 0 Å². The molecule has 3 rings (SSSR count). The first-order chi connectivity index (χ1) is 11.7. The number of hydrogen-bond acceptors (Lipinski definition) is 4. The number of ether oxygens (including phenoxy) is 3. The Labute approximate surface area is 141 Å². The van der Waals surface area contributed by atoms with Crippen molar-refractivity contribution < 1.29 is 19.0 Å². The summed E-state index contributed by atoms with van der Waals surface area (Å²) in [6.07, 6.45) is 0.303. The Morgan fingerprint density at radius 1 is 1.12 bits per heavy atom. The number of fused-ring (bicyclic) bond motifs is 1. The van der Waals surface area contributed by atoms with Gasteiger partial charge >= 0.3 is 0 Å². The van der Waals surface area contributed by atoms with Gasteiger partial charge in [-0.2, -0.15) is 0 Å². The van der Waals surface area contributed by atoms with E-state index in [-0.39, 0.29) is 11.9 Å². The van der Waals surface area contributed by atoms with Crippen LogP contribution in [-0.2, 0) is 11.2 Å². The highest BCUT2D eigenvalue weighted by atomic mass is 16.6. The molecule has 0 aliphatic carbocycles. The number of nitrogens with one attached hydrogen (secondary N) is 1. The van der Waals surface area contributed by atoms with Gasteiger partial charge < -0.3 is 19.5 Å². The first kappa shape index (κ1) is 16.2. The molecular weight excluding hydrogens is 306 g/mol. The lowest BCUT2D eigenvalue weighted by Crippen LogP contribution is -2.28. The van der Waals surface area contributed by atoms with Crippen molar-refractivity contribution in [1.29, 1.82) is 0 Å². The molecule has 2 aromatic rings. The van der Waals surface area contributed by atoms with Gasteiger partial charge in [0.25, 0.3) is 0 Å². The molecule has 0 radical (unpaired) electrons. The van der Waals surface area contributed by atoms with Crippen LogP contribution in [0.4, 0.5) is 0 Å². The molecule has 5 heteroatoms. The molecule has 1 heterocycles. The minimum atomic E-state index is -0.0689. The van der Waals surface area contributed by atoms with Crippen LogP contribution in [0, 0.1) is 0 Å². The highest BCUT2D eigenvalue weighted by Gasteiger charge is 2.14. The fourth-order valence-corrected chi connectivity index (χ4v) is 2.65. The zero-order chi connectivity index (χ0) is 16.9. The zero-order valence-electron chi connectivity index (χ0n) is 13.9. The molecule has 24 heavy (non-hydrogen) atoms. The summed E-state index contributed by atoms with van der Waals surface area (Å²) in [6, 6.07) is 13.2. The van der Waals surface area contributed by atoms with Crippen molar-refractivity contribution in [2.45, 2.75) is 19.4 Å². The number of methoxy groups -OCH3 is 1. The summed E-state index contributed by atoms with van der Waals surface area (Å²) in [6.45, 7) is 3.06. The predicted molar refractivity (Wildman–Crippen MR) is 90.7 cm³/mol. The van der Waals surface area contributed by atoms with Crippen LogP contribution in [0.1, 0.15) is 24.1 Å². The second-order valence-corrected chi connectivity index (χ2v) is 5.72. The molecule has 1 atom stereocenters. The van der Waals surface area contributed by atoms with Gasteiger partial charge in [0.15, 0.2) is 11.5 Å². The number of carbonyl (C=O) groups excluding carboxylic acids is 1. The number of carbonyl (C=O) groups is 1. The molecule has 5 nitrogen and oxygen atoms in total. The Kier molecular flexibility index (Phi) is 4.89. The summed E-state index contributed by atoms with van der Waals surface area (Å²) in [4.78, 5) is 12.3. The van der Waals surface area contributed by atoms with E-state index in [2.05, 4.69) is 5.32 Å². The zero-order valence-corrected chi connectivity index (χ0v) is 13.9. The van der Waals surface area contributed by atoms with Crippen molar-refractivity contribution in [2.75, 3.05) is 20.3 Å². The van der Waals surface area contributed by atoms with Crippen LogP contribution in [0.3, 0.4) is 0 Å². The van der Waals surface area contributed by atoms with Gasteiger partial charge in [0.05, 0.1) is 19.6 Å². The quantitative estimate of drug-likeness (QED) is 0.917. The number of rotatable bonds is 5. The maximum absolute atomic E-state index is 12.3. The Bertz CT molecular complexity index is 712. The van der Waals surface area contributed by atoms with Crippen LogP contribution in [0.15, 0.2) is 42.5 Å². The molecule has 0 spiro atoms. The first-order valence-corrected chi connectivity index (χ1v) is 7.97. The van der Waals surface area contributed by atoms with Crippen LogP contribution in [-0.4, -0.2) is 26.2 Å². The van der Waals surface area contributed by atoms with Gasteiger partial charge in [-0.3, -0.25) is 4.79 Å². The number of hydrogen-bond donors (Lipinski definition) is 1. The van der Waals surface area contributed by atoms with Gasteiger partial charge in [-0.15, -0.1) is 0 Å². The Balaban J connectivity index is 1.60. The summed E-state index contributed by atoms with van der Waals surface area (Å²) in [5, 5.41) is 3.01. The Morgan fingerprint density at radius 2 is 1.83 bits per heavy atom. The van der Waals surface area contributed by atoms with Crippen molar-refractivity contribution in [3.8, 4) is 17.2 Å². The highest BCUT2D eigenvalue weighted by Crippen LogP contribution is 2.30. The average Bonchev–Trinajstić information content (AvgIpc) is 2.61. The van der Waals surface area contributed by atoms with E-state index in [0.29, 0.717) is 25.4 Å². The van der Waals surface area contributed by atoms with E-state index in [1.54, 1.807) is 7.11 Å². The monoisotopic (exact) mass is 327 g/mol. The molecule has 1 N–H and O–H groups in total. The second-order valence-electron chi connectivity index (χ2n) is 5.72. The third-order valence-corrected chi connectivity index (χ3v) is 3.96. The first-order valence-electron chi connectivity index (χ1n) is 7.97. The molecule has 0 bridgehead atoms. The third kappa shape index (κ3) is 3.79. The van der Waals surface area contributed by atoms with E-state index in [9.17, 15) is 4.79 Å². The number of benzene rings is 2. The van der Waals surface area contributed by atoms with Crippen LogP contribution in [0.25, 0.3) is 0 Å². The Hall–Kier alpha value is -2.69. The minimum Gasteiger partial charge on any atom is -0.497 e. The van der Waals surface area contributed by atoms with E-state index in [4.69, 9.17) is 14.2 Å². The van der Waals surface area contributed by atoms with Crippen molar-refractivity contribution in [3.63, 3.8) is 0 Å². The molecule has 1 aliphatic heterocycles. The van der Waals surface area contributed by atoms with Gasteiger partial charge in [0.1, 0.15) is 19.0 Å². The number of amides is 1. The summed E-state index contributed by atoms with van der Waals surface area (Å²) in [5.41, 5.74) is 1.94. The normalized spacial score (nSPS) is 13.9. The maximum Gasteiger partial charge on any atom is 0.224 e. The molecule has 1 amide bonds. The van der Waals surface area contributed by atoms with E-state index in [1.807, 2.05) is 49.4 Å². The molecule has 1 aliphatic rings. The van der Waals surface area contributed by atoms with Crippen molar-refractivity contribution in [3.05, 3.63) is 53.6 Å². The van der Waals surface area contributed by atoms with Gasteiger partial charge in [0, 0.05) is 0 Å². The molecule has 0 fully saturated rings. The lowest BCUT2D eigenvalue weighted by molar-refractivity contribution is -0.121. The summed E-state index contributed by atoms with van der Waals surface area (Å²) < 4.78 is 16.2. The topological polar surface area (TPSA) is 56.8 Å². The lowest BCUT2D eigenvalue weighted by atomic mass is 10.1. The molecule has 0 saturated carbocycles. The van der Waals surface area contributed by atoms with Crippen LogP contribution >= 0.6 is 0 Å².